The first-order valence-corrected chi connectivity index (χ1v) is 6.96. The van der Waals surface area contributed by atoms with Gasteiger partial charge < -0.3 is 15.4 Å². The van der Waals surface area contributed by atoms with Crippen molar-refractivity contribution in [1.29, 1.82) is 0 Å². The molecule has 19 heavy (non-hydrogen) atoms. The summed E-state index contributed by atoms with van der Waals surface area (Å²) in [5.74, 6) is -0.293. The van der Waals surface area contributed by atoms with E-state index >= 15 is 0 Å². The van der Waals surface area contributed by atoms with Gasteiger partial charge in [-0.3, -0.25) is 0 Å². The fraction of sp³-hybridized carbons (Fsp3) is 0.533. The van der Waals surface area contributed by atoms with Crippen LogP contribution in [0.15, 0.2) is 24.3 Å². The van der Waals surface area contributed by atoms with Crippen LogP contribution in [0.25, 0.3) is 0 Å². The number of piperidine rings is 1. The third-order valence-corrected chi connectivity index (χ3v) is 3.55. The van der Waals surface area contributed by atoms with Crippen LogP contribution >= 0.6 is 0 Å². The van der Waals surface area contributed by atoms with Gasteiger partial charge in [0, 0.05) is 18.3 Å². The fourth-order valence-corrected chi connectivity index (χ4v) is 2.48. The monoisotopic (exact) mass is 262 g/mol. The van der Waals surface area contributed by atoms with Gasteiger partial charge in [0.15, 0.2) is 0 Å². The summed E-state index contributed by atoms with van der Waals surface area (Å²) in [5.41, 5.74) is 1.45. The van der Waals surface area contributed by atoms with Gasteiger partial charge in [0.1, 0.15) is 0 Å². The SMILES string of the molecule is COC(=O)c1ccccc1NCCC1CCCCN1. The molecule has 0 amide bonds. The number of esters is 1. The third-order valence-electron chi connectivity index (χ3n) is 3.55. The highest BCUT2D eigenvalue weighted by Gasteiger charge is 2.13. The molecule has 4 heteroatoms. The highest BCUT2D eigenvalue weighted by molar-refractivity contribution is 5.95. The van der Waals surface area contributed by atoms with Crippen LogP contribution in [0.5, 0.6) is 0 Å². The largest absolute Gasteiger partial charge is 0.465 e. The molecule has 1 atom stereocenters. The van der Waals surface area contributed by atoms with E-state index in [9.17, 15) is 4.79 Å². The van der Waals surface area contributed by atoms with Crippen molar-refractivity contribution in [2.75, 3.05) is 25.5 Å². The van der Waals surface area contributed by atoms with Crippen LogP contribution in [0, 0.1) is 0 Å². The number of carbonyl (C=O) groups excluding carboxylic acids is 1. The smallest absolute Gasteiger partial charge is 0.339 e. The second-order valence-electron chi connectivity index (χ2n) is 4.90. The number of para-hydroxylation sites is 1. The normalized spacial score (nSPS) is 18.9. The highest BCUT2D eigenvalue weighted by Crippen LogP contribution is 2.17. The average molecular weight is 262 g/mol. The molecule has 2 N–H and O–H groups in total. The van der Waals surface area contributed by atoms with Crippen molar-refractivity contribution >= 4 is 11.7 Å². The lowest BCUT2D eigenvalue weighted by atomic mass is 10.0. The molecule has 0 spiro atoms. The minimum Gasteiger partial charge on any atom is -0.465 e. The first kappa shape index (κ1) is 13.9. The number of hydrogen-bond acceptors (Lipinski definition) is 4. The van der Waals surface area contributed by atoms with Crippen molar-refractivity contribution in [3.63, 3.8) is 0 Å². The van der Waals surface area contributed by atoms with Crippen molar-refractivity contribution in [2.45, 2.75) is 31.7 Å². The summed E-state index contributed by atoms with van der Waals surface area (Å²) in [4.78, 5) is 11.6. The molecule has 2 rings (SSSR count). The Morgan fingerprint density at radius 1 is 1.42 bits per heavy atom. The molecule has 1 heterocycles. The van der Waals surface area contributed by atoms with Crippen molar-refractivity contribution in [1.82, 2.24) is 5.32 Å². The van der Waals surface area contributed by atoms with Crippen molar-refractivity contribution in [3.8, 4) is 0 Å². The van der Waals surface area contributed by atoms with Gasteiger partial charge in [-0.2, -0.15) is 0 Å². The zero-order valence-corrected chi connectivity index (χ0v) is 11.4. The van der Waals surface area contributed by atoms with E-state index in [-0.39, 0.29) is 5.97 Å². The van der Waals surface area contributed by atoms with E-state index in [1.807, 2.05) is 18.2 Å². The maximum Gasteiger partial charge on any atom is 0.339 e. The Kier molecular flexibility index (Phi) is 5.21. The van der Waals surface area contributed by atoms with Gasteiger partial charge in [0.2, 0.25) is 0 Å². The summed E-state index contributed by atoms with van der Waals surface area (Å²) in [6.45, 7) is 2.00. The number of anilines is 1. The molecule has 1 aliphatic heterocycles. The zero-order chi connectivity index (χ0) is 13.5. The van der Waals surface area contributed by atoms with E-state index in [2.05, 4.69) is 10.6 Å². The van der Waals surface area contributed by atoms with Crippen LogP contribution in [0.4, 0.5) is 5.69 Å². The first-order valence-electron chi connectivity index (χ1n) is 6.96. The van der Waals surface area contributed by atoms with E-state index in [0.29, 0.717) is 11.6 Å². The summed E-state index contributed by atoms with van der Waals surface area (Å²) in [6.07, 6.45) is 4.93. The lowest BCUT2D eigenvalue weighted by molar-refractivity contribution is 0.0602. The van der Waals surface area contributed by atoms with Crippen LogP contribution in [0.1, 0.15) is 36.0 Å². The Morgan fingerprint density at radius 2 is 2.26 bits per heavy atom. The summed E-state index contributed by atoms with van der Waals surface area (Å²) < 4.78 is 4.78. The van der Waals surface area contributed by atoms with Crippen LogP contribution in [-0.2, 0) is 4.74 Å². The van der Waals surface area contributed by atoms with E-state index in [1.54, 1.807) is 6.07 Å². The maximum atomic E-state index is 11.6. The van der Waals surface area contributed by atoms with Gasteiger partial charge in [0.25, 0.3) is 0 Å². The summed E-state index contributed by atoms with van der Waals surface area (Å²) in [5, 5.41) is 6.86. The lowest BCUT2D eigenvalue weighted by Crippen LogP contribution is -2.35. The van der Waals surface area contributed by atoms with E-state index in [0.717, 1.165) is 25.2 Å². The number of hydrogen-bond donors (Lipinski definition) is 2. The van der Waals surface area contributed by atoms with Crippen molar-refractivity contribution in [3.05, 3.63) is 29.8 Å². The molecule has 1 aromatic carbocycles. The van der Waals surface area contributed by atoms with Crippen molar-refractivity contribution < 1.29 is 9.53 Å². The highest BCUT2D eigenvalue weighted by atomic mass is 16.5. The van der Waals surface area contributed by atoms with Gasteiger partial charge in [-0.05, 0) is 37.9 Å². The topological polar surface area (TPSA) is 50.4 Å². The molecule has 1 aliphatic rings. The van der Waals surface area contributed by atoms with Crippen molar-refractivity contribution in [2.24, 2.45) is 0 Å². The second-order valence-corrected chi connectivity index (χ2v) is 4.90. The van der Waals surface area contributed by atoms with Gasteiger partial charge in [-0.1, -0.05) is 18.6 Å². The third kappa shape index (κ3) is 3.96. The number of benzene rings is 1. The predicted octanol–water partition coefficient (Wildman–Crippen LogP) is 2.42. The molecule has 0 aliphatic carbocycles. The molecule has 0 aromatic heterocycles. The Balaban J connectivity index is 1.86. The molecule has 1 fully saturated rings. The zero-order valence-electron chi connectivity index (χ0n) is 11.4. The van der Waals surface area contributed by atoms with Gasteiger partial charge in [0.05, 0.1) is 12.7 Å². The van der Waals surface area contributed by atoms with Gasteiger partial charge in [-0.15, -0.1) is 0 Å². The van der Waals surface area contributed by atoms with Crippen LogP contribution in [0.2, 0.25) is 0 Å². The molecule has 1 saturated heterocycles. The van der Waals surface area contributed by atoms with E-state index in [1.165, 1.54) is 26.4 Å². The summed E-state index contributed by atoms with van der Waals surface area (Å²) in [7, 11) is 1.41. The quantitative estimate of drug-likeness (QED) is 0.800. The molecule has 0 radical (unpaired) electrons. The van der Waals surface area contributed by atoms with Crippen LogP contribution in [-0.4, -0.2) is 32.2 Å². The Labute approximate surface area is 114 Å². The summed E-state index contributed by atoms with van der Waals surface area (Å²) in [6, 6.07) is 8.08. The standard InChI is InChI=1S/C15H22N2O2/c1-19-15(18)13-7-2-3-8-14(13)17-11-9-12-6-4-5-10-16-12/h2-3,7-8,12,16-17H,4-6,9-11H2,1H3. The average Bonchev–Trinajstić information content (AvgIpc) is 2.48. The molecule has 1 aromatic rings. The maximum absolute atomic E-state index is 11.6. The van der Waals surface area contributed by atoms with Gasteiger partial charge >= 0.3 is 5.97 Å². The predicted molar refractivity (Wildman–Crippen MR) is 76.5 cm³/mol. The van der Waals surface area contributed by atoms with Crippen LogP contribution in [0.3, 0.4) is 0 Å². The Morgan fingerprint density at radius 3 is 3.00 bits per heavy atom. The molecule has 0 bridgehead atoms. The number of nitrogens with one attached hydrogen (secondary N) is 2. The number of methoxy groups -OCH3 is 1. The second kappa shape index (κ2) is 7.14. The molecule has 104 valence electrons. The Bertz CT molecular complexity index is 414. The molecule has 0 saturated carbocycles. The number of rotatable bonds is 5. The van der Waals surface area contributed by atoms with E-state index < -0.39 is 0 Å². The number of ether oxygens (including phenoxy) is 1. The molecule has 1 unspecified atom stereocenters. The first-order chi connectivity index (χ1) is 9.31. The molecule has 4 nitrogen and oxygen atoms in total. The molecular formula is C15H22N2O2. The minimum absolute atomic E-state index is 0.293. The van der Waals surface area contributed by atoms with E-state index in [4.69, 9.17) is 4.74 Å². The fourth-order valence-electron chi connectivity index (χ4n) is 2.48. The lowest BCUT2D eigenvalue weighted by Gasteiger charge is -2.23. The minimum atomic E-state index is -0.293. The van der Waals surface area contributed by atoms with Crippen LogP contribution < -0.4 is 10.6 Å². The molecular weight excluding hydrogens is 240 g/mol. The summed E-state index contributed by atoms with van der Waals surface area (Å²) >= 11 is 0. The number of carbonyl (C=O) groups is 1. The Hall–Kier alpha value is -1.55. The van der Waals surface area contributed by atoms with Gasteiger partial charge in [-0.25, -0.2) is 4.79 Å².